The van der Waals surface area contributed by atoms with E-state index in [2.05, 4.69) is 6.92 Å². The van der Waals surface area contributed by atoms with E-state index in [1.165, 1.54) is 58.3 Å². The first-order valence-corrected chi connectivity index (χ1v) is 19.3. The largest absolute Gasteiger partial charge is 0.460 e. The van der Waals surface area contributed by atoms with Crippen LogP contribution in [0.3, 0.4) is 0 Å². The van der Waals surface area contributed by atoms with Crippen molar-refractivity contribution in [1.29, 1.82) is 0 Å². The summed E-state index contributed by atoms with van der Waals surface area (Å²) in [4.78, 5) is 35.6. The van der Waals surface area contributed by atoms with Gasteiger partial charge in [0, 0.05) is 31.8 Å². The molecule has 0 aromatic carbocycles. The molecule has 0 amide bonds. The molecule has 0 aromatic rings. The van der Waals surface area contributed by atoms with Gasteiger partial charge in [-0.1, -0.05) is 110 Å². The van der Waals surface area contributed by atoms with Crippen LogP contribution in [0.5, 0.6) is 0 Å². The van der Waals surface area contributed by atoms with Gasteiger partial charge in [-0.3, -0.25) is 9.59 Å². The molecule has 2 rings (SSSR count). The first kappa shape index (κ1) is 41.4. The van der Waals surface area contributed by atoms with Gasteiger partial charge in [-0.15, -0.1) is 0 Å². The molecule has 1 saturated heterocycles. The number of unbranched alkanes of at least 4 members (excludes halogenated alkanes) is 15. The Morgan fingerprint density at radius 1 is 0.809 bits per heavy atom. The van der Waals surface area contributed by atoms with Gasteiger partial charge in [0.2, 0.25) is 0 Å². The molecule has 2 heterocycles. The predicted molar refractivity (Wildman–Crippen MR) is 186 cm³/mol. The predicted octanol–water partition coefficient (Wildman–Crippen LogP) is 8.62. The molecule has 0 radical (unpaired) electrons. The van der Waals surface area contributed by atoms with E-state index in [4.69, 9.17) is 14.2 Å². The molecule has 0 spiro atoms. The Morgan fingerprint density at radius 2 is 1.36 bits per heavy atom. The smallest absolute Gasteiger partial charge is 0.334 e. The van der Waals surface area contributed by atoms with E-state index in [9.17, 15) is 24.6 Å². The van der Waals surface area contributed by atoms with Crippen molar-refractivity contribution in [2.24, 2.45) is 0 Å². The van der Waals surface area contributed by atoms with Crippen LogP contribution in [0.1, 0.15) is 181 Å². The summed E-state index contributed by atoms with van der Waals surface area (Å²) in [6.07, 6.45) is 24.0. The van der Waals surface area contributed by atoms with Crippen molar-refractivity contribution in [3.8, 4) is 0 Å². The number of carbonyl (C=O) groups excluding carboxylic acids is 3. The number of hydrogen-bond donors (Lipinski definition) is 2. The number of aliphatic hydroxyl groups is 2. The molecule has 0 saturated carbocycles. The zero-order valence-corrected chi connectivity index (χ0v) is 30.1. The standard InChI is InChI=1S/C39H68O8/c1-4-5-6-7-8-9-10-14-17-20-23-35(43)36-26-27-37(47-36)38(46-31(3)40)29-34(42)22-19-16-13-11-12-15-18-21-33(41)25-24-32-28-30(2)45-39(32)44/h28,30,34-38,42-43H,4-27,29H2,1-3H3/t30-,34+,35-,36+,37-,38-/m1/s1. The Bertz CT molecular complexity index is 901. The van der Waals surface area contributed by atoms with Gasteiger partial charge in [0.05, 0.1) is 24.4 Å². The highest BCUT2D eigenvalue weighted by atomic mass is 16.6. The average Bonchev–Trinajstić information content (AvgIpc) is 3.65. The summed E-state index contributed by atoms with van der Waals surface area (Å²) < 4.78 is 16.9. The Hall–Kier alpha value is -1.77. The highest BCUT2D eigenvalue weighted by Gasteiger charge is 2.37. The van der Waals surface area contributed by atoms with Gasteiger partial charge in [-0.25, -0.2) is 4.79 Å². The molecule has 8 heteroatoms. The number of ketones is 1. The molecule has 8 nitrogen and oxygen atoms in total. The zero-order chi connectivity index (χ0) is 34.3. The molecule has 0 bridgehead atoms. The van der Waals surface area contributed by atoms with E-state index in [0.29, 0.717) is 37.7 Å². The van der Waals surface area contributed by atoms with Crippen LogP contribution < -0.4 is 0 Å². The fourth-order valence-corrected chi connectivity index (χ4v) is 6.95. The van der Waals surface area contributed by atoms with Gasteiger partial charge in [-0.05, 0) is 51.5 Å². The van der Waals surface area contributed by atoms with Gasteiger partial charge < -0.3 is 24.4 Å². The fraction of sp³-hybridized carbons (Fsp3) is 0.872. The molecule has 272 valence electrons. The molecule has 6 atom stereocenters. The van der Waals surface area contributed by atoms with Crippen LogP contribution in [0.15, 0.2) is 11.6 Å². The second-order valence-electron chi connectivity index (χ2n) is 14.2. The second-order valence-corrected chi connectivity index (χ2v) is 14.2. The topological polar surface area (TPSA) is 119 Å². The fourth-order valence-electron chi connectivity index (χ4n) is 6.95. The summed E-state index contributed by atoms with van der Waals surface area (Å²) in [7, 11) is 0. The summed E-state index contributed by atoms with van der Waals surface area (Å²) in [5.41, 5.74) is 0.628. The van der Waals surface area contributed by atoms with Crippen LogP contribution in [0.4, 0.5) is 0 Å². The third-order valence-corrected chi connectivity index (χ3v) is 9.76. The third-order valence-electron chi connectivity index (χ3n) is 9.76. The Labute approximate surface area is 285 Å². The van der Waals surface area contributed by atoms with Gasteiger partial charge in [-0.2, -0.15) is 0 Å². The maximum Gasteiger partial charge on any atom is 0.334 e. The minimum Gasteiger partial charge on any atom is -0.460 e. The number of cyclic esters (lactones) is 1. The van der Waals surface area contributed by atoms with Crippen LogP contribution in [0.25, 0.3) is 0 Å². The minimum atomic E-state index is -0.561. The number of ether oxygens (including phenoxy) is 3. The Balaban J connectivity index is 1.51. The first-order chi connectivity index (χ1) is 22.7. The summed E-state index contributed by atoms with van der Waals surface area (Å²) in [5.74, 6) is -0.449. The second kappa shape index (κ2) is 25.2. The lowest BCUT2D eigenvalue weighted by atomic mass is 9.98. The van der Waals surface area contributed by atoms with Crippen LogP contribution in [0, 0.1) is 0 Å². The number of Topliss-reactive ketones (excluding diaryl/α,β-unsaturated/α-hetero) is 1. The maximum absolute atomic E-state index is 12.1. The molecular weight excluding hydrogens is 596 g/mol. The number of rotatable bonds is 29. The van der Waals surface area contributed by atoms with E-state index >= 15 is 0 Å². The molecule has 0 aliphatic carbocycles. The van der Waals surface area contributed by atoms with Crippen LogP contribution >= 0.6 is 0 Å². The lowest BCUT2D eigenvalue weighted by Crippen LogP contribution is -2.36. The van der Waals surface area contributed by atoms with Gasteiger partial charge in [0.1, 0.15) is 18.0 Å². The van der Waals surface area contributed by atoms with Crippen LogP contribution in [0.2, 0.25) is 0 Å². The normalized spacial score (nSPS) is 21.3. The van der Waals surface area contributed by atoms with Gasteiger partial charge in [0.25, 0.3) is 0 Å². The number of hydrogen-bond acceptors (Lipinski definition) is 8. The SMILES string of the molecule is CCCCCCCCCCCC[C@@H](O)[C@@H]1CC[C@H]([C@@H](C[C@@H](O)CCCCCCCCCC(=O)CCC2=C[C@@H](C)OC2=O)OC(C)=O)O1. The third kappa shape index (κ3) is 19.1. The lowest BCUT2D eigenvalue weighted by Gasteiger charge is -2.27. The van der Waals surface area contributed by atoms with Crippen molar-refractivity contribution in [1.82, 2.24) is 0 Å². The molecule has 1 fully saturated rings. The number of aliphatic hydroxyl groups excluding tert-OH is 2. The first-order valence-electron chi connectivity index (χ1n) is 19.3. The van der Waals surface area contributed by atoms with Gasteiger partial charge >= 0.3 is 11.9 Å². The van der Waals surface area contributed by atoms with Crippen LogP contribution in [-0.2, 0) is 28.6 Å². The molecule has 2 aliphatic heterocycles. The zero-order valence-electron chi connectivity index (χ0n) is 30.1. The van der Waals surface area contributed by atoms with Crippen molar-refractivity contribution >= 4 is 17.7 Å². The number of esters is 2. The highest BCUT2D eigenvalue weighted by Crippen LogP contribution is 2.30. The van der Waals surface area contributed by atoms with Crippen LogP contribution in [-0.4, -0.2) is 64.6 Å². The van der Waals surface area contributed by atoms with E-state index in [1.54, 1.807) is 6.08 Å². The highest BCUT2D eigenvalue weighted by molar-refractivity contribution is 5.91. The summed E-state index contributed by atoms with van der Waals surface area (Å²) in [5, 5.41) is 21.5. The number of carbonyl (C=O) groups is 3. The average molecular weight is 665 g/mol. The quantitative estimate of drug-likeness (QED) is 0.0603. The van der Waals surface area contributed by atoms with Crippen molar-refractivity contribution in [2.45, 2.75) is 218 Å². The van der Waals surface area contributed by atoms with E-state index in [-0.39, 0.29) is 36.0 Å². The summed E-state index contributed by atoms with van der Waals surface area (Å²) in [6.45, 7) is 5.47. The molecule has 47 heavy (non-hydrogen) atoms. The van der Waals surface area contributed by atoms with Gasteiger partial charge in [0.15, 0.2) is 0 Å². The minimum absolute atomic E-state index is 0.183. The molecule has 0 unspecified atom stereocenters. The monoisotopic (exact) mass is 664 g/mol. The van der Waals surface area contributed by atoms with Crippen molar-refractivity contribution < 1.29 is 38.8 Å². The molecular formula is C39H68O8. The van der Waals surface area contributed by atoms with Crippen molar-refractivity contribution in [3.05, 3.63) is 11.6 Å². The van der Waals surface area contributed by atoms with E-state index in [0.717, 1.165) is 77.0 Å². The Kier molecular flexibility index (Phi) is 22.2. The van der Waals surface area contributed by atoms with E-state index < -0.39 is 18.3 Å². The Morgan fingerprint density at radius 3 is 1.94 bits per heavy atom. The summed E-state index contributed by atoms with van der Waals surface area (Å²) >= 11 is 0. The molecule has 0 aromatic heterocycles. The molecule has 2 N–H and O–H groups in total. The summed E-state index contributed by atoms with van der Waals surface area (Å²) in [6, 6.07) is 0. The van der Waals surface area contributed by atoms with Crippen molar-refractivity contribution in [2.75, 3.05) is 0 Å². The molecule has 2 aliphatic rings. The maximum atomic E-state index is 12.1. The van der Waals surface area contributed by atoms with E-state index in [1.807, 2.05) is 6.92 Å². The van der Waals surface area contributed by atoms with Crippen molar-refractivity contribution in [3.63, 3.8) is 0 Å². The lowest BCUT2D eigenvalue weighted by molar-refractivity contribution is -0.159.